The Hall–Kier alpha value is -2.79. The van der Waals surface area contributed by atoms with Crippen LogP contribution in [-0.2, 0) is 0 Å². The van der Waals surface area contributed by atoms with E-state index in [-0.39, 0.29) is 17.2 Å². The summed E-state index contributed by atoms with van der Waals surface area (Å²) in [5.41, 5.74) is 4.12. The molecule has 0 aromatic heterocycles. The van der Waals surface area contributed by atoms with Gasteiger partial charge in [0.25, 0.3) is 5.91 Å². The van der Waals surface area contributed by atoms with E-state index in [2.05, 4.69) is 39.2 Å². The zero-order chi connectivity index (χ0) is 20.2. The fourth-order valence-electron chi connectivity index (χ4n) is 2.56. The first-order valence-corrected chi connectivity index (χ1v) is 9.32. The number of aryl methyl sites for hydroxylation is 1. The summed E-state index contributed by atoms with van der Waals surface area (Å²) < 4.78 is 0. The summed E-state index contributed by atoms with van der Waals surface area (Å²) in [7, 11) is 0. The van der Waals surface area contributed by atoms with E-state index in [1.165, 1.54) is 0 Å². The lowest BCUT2D eigenvalue weighted by molar-refractivity contribution is 0.0992. The highest BCUT2D eigenvalue weighted by Crippen LogP contribution is 2.26. The van der Waals surface area contributed by atoms with Crippen LogP contribution in [0.5, 0.6) is 0 Å². The third-order valence-corrected chi connectivity index (χ3v) is 4.24. The van der Waals surface area contributed by atoms with Gasteiger partial charge in [0.1, 0.15) is 0 Å². The molecule has 0 aliphatic rings. The number of nitrogens with zero attached hydrogens (tertiary/aromatic N) is 1. The second kappa shape index (κ2) is 8.27. The number of anilines is 1. The number of benzene rings is 2. The highest BCUT2D eigenvalue weighted by Gasteiger charge is 2.23. The standard InChI is InChI=1S/C25H29NO/c1-18(2)20(4)26(24(27)23-11-9-8-10-19(23)3)22-14-12-21(13-15-22)16-17-25(5,6)7/h8-15,18H,4H2,1-3,5-7H3. The zero-order valence-electron chi connectivity index (χ0n) is 17.3. The summed E-state index contributed by atoms with van der Waals surface area (Å²) in [4.78, 5) is 15.0. The molecule has 2 rings (SSSR count). The first-order valence-electron chi connectivity index (χ1n) is 9.32. The molecule has 2 aromatic rings. The van der Waals surface area contributed by atoms with Crippen LogP contribution in [0.25, 0.3) is 0 Å². The van der Waals surface area contributed by atoms with Gasteiger partial charge < -0.3 is 0 Å². The number of carbonyl (C=O) groups is 1. The lowest BCUT2D eigenvalue weighted by Crippen LogP contribution is -2.32. The van der Waals surface area contributed by atoms with Crippen LogP contribution in [-0.4, -0.2) is 5.91 Å². The van der Waals surface area contributed by atoms with Crippen molar-refractivity contribution in [2.75, 3.05) is 4.90 Å². The van der Waals surface area contributed by atoms with Crippen molar-refractivity contribution in [3.05, 3.63) is 77.5 Å². The van der Waals surface area contributed by atoms with Gasteiger partial charge in [-0.25, -0.2) is 0 Å². The van der Waals surface area contributed by atoms with Crippen LogP contribution < -0.4 is 4.90 Å². The Labute approximate surface area is 163 Å². The Morgan fingerprint density at radius 3 is 2.15 bits per heavy atom. The van der Waals surface area contributed by atoms with Crippen LogP contribution in [0.15, 0.2) is 60.8 Å². The number of rotatable bonds is 4. The smallest absolute Gasteiger partial charge is 0.262 e. The highest BCUT2D eigenvalue weighted by molar-refractivity contribution is 6.09. The molecule has 0 atom stereocenters. The molecule has 0 bridgehead atoms. The van der Waals surface area contributed by atoms with Crippen molar-refractivity contribution in [2.24, 2.45) is 11.3 Å². The van der Waals surface area contributed by atoms with Crippen molar-refractivity contribution in [1.29, 1.82) is 0 Å². The van der Waals surface area contributed by atoms with Crippen molar-refractivity contribution < 1.29 is 4.79 Å². The molecule has 27 heavy (non-hydrogen) atoms. The van der Waals surface area contributed by atoms with Crippen LogP contribution in [0.4, 0.5) is 5.69 Å². The maximum Gasteiger partial charge on any atom is 0.262 e. The summed E-state index contributed by atoms with van der Waals surface area (Å²) in [6, 6.07) is 15.4. The van der Waals surface area contributed by atoms with Crippen molar-refractivity contribution in [2.45, 2.75) is 41.5 Å². The van der Waals surface area contributed by atoms with E-state index in [9.17, 15) is 4.79 Å². The molecule has 0 unspecified atom stereocenters. The third kappa shape index (κ3) is 5.34. The predicted octanol–water partition coefficient (Wildman–Crippen LogP) is 6.21. The van der Waals surface area contributed by atoms with Crippen molar-refractivity contribution in [1.82, 2.24) is 0 Å². The number of allylic oxidation sites excluding steroid dienone is 1. The van der Waals surface area contributed by atoms with E-state index >= 15 is 0 Å². The summed E-state index contributed by atoms with van der Waals surface area (Å²) in [5, 5.41) is 0. The molecule has 0 heterocycles. The largest absolute Gasteiger partial charge is 0.281 e. The Bertz CT molecular complexity index is 886. The Morgan fingerprint density at radius 1 is 1.04 bits per heavy atom. The number of hydrogen-bond acceptors (Lipinski definition) is 1. The molecular formula is C25H29NO. The second-order valence-corrected chi connectivity index (χ2v) is 8.15. The molecular weight excluding hydrogens is 330 g/mol. The van der Waals surface area contributed by atoms with Gasteiger partial charge in [-0.05, 0) is 69.5 Å². The van der Waals surface area contributed by atoms with E-state index in [0.29, 0.717) is 5.56 Å². The van der Waals surface area contributed by atoms with E-state index in [4.69, 9.17) is 0 Å². The predicted molar refractivity (Wildman–Crippen MR) is 115 cm³/mol. The summed E-state index contributed by atoms with van der Waals surface area (Å²) in [6.07, 6.45) is 0. The zero-order valence-corrected chi connectivity index (χ0v) is 17.3. The Balaban J connectivity index is 2.43. The first-order chi connectivity index (χ1) is 12.6. The number of carbonyl (C=O) groups excluding carboxylic acids is 1. The molecule has 0 radical (unpaired) electrons. The topological polar surface area (TPSA) is 20.3 Å². The van der Waals surface area contributed by atoms with Gasteiger partial charge in [0.05, 0.1) is 0 Å². The maximum absolute atomic E-state index is 13.3. The summed E-state index contributed by atoms with van der Waals surface area (Å²) in [5.74, 6) is 6.53. The molecule has 0 saturated heterocycles. The summed E-state index contributed by atoms with van der Waals surface area (Å²) >= 11 is 0. The summed E-state index contributed by atoms with van der Waals surface area (Å²) in [6.45, 7) is 16.5. The molecule has 2 aromatic carbocycles. The molecule has 2 heteroatoms. The minimum atomic E-state index is -0.0553. The van der Waals surface area contributed by atoms with Gasteiger partial charge in [-0.1, -0.05) is 50.5 Å². The van der Waals surface area contributed by atoms with E-state index in [1.807, 2.05) is 69.3 Å². The fourth-order valence-corrected chi connectivity index (χ4v) is 2.56. The van der Waals surface area contributed by atoms with Crippen LogP contribution in [0.2, 0.25) is 0 Å². The van der Waals surface area contributed by atoms with Crippen molar-refractivity contribution in [3.8, 4) is 11.8 Å². The van der Waals surface area contributed by atoms with Crippen molar-refractivity contribution >= 4 is 11.6 Å². The molecule has 1 amide bonds. The molecule has 140 valence electrons. The molecule has 0 fully saturated rings. The molecule has 0 spiro atoms. The van der Waals surface area contributed by atoms with Gasteiger partial charge in [-0.15, -0.1) is 0 Å². The minimum Gasteiger partial charge on any atom is -0.281 e. The van der Waals surface area contributed by atoms with Crippen molar-refractivity contribution in [3.63, 3.8) is 0 Å². The average Bonchev–Trinajstić information content (AvgIpc) is 2.60. The van der Waals surface area contributed by atoms with Gasteiger partial charge in [0, 0.05) is 27.9 Å². The average molecular weight is 360 g/mol. The Morgan fingerprint density at radius 2 is 1.63 bits per heavy atom. The van der Waals surface area contributed by atoms with Crippen LogP contribution in [0, 0.1) is 30.1 Å². The van der Waals surface area contributed by atoms with Crippen LogP contribution in [0.1, 0.15) is 56.1 Å². The van der Waals surface area contributed by atoms with Crippen LogP contribution >= 0.6 is 0 Å². The van der Waals surface area contributed by atoms with Gasteiger partial charge in [-0.3, -0.25) is 9.69 Å². The van der Waals surface area contributed by atoms with E-state index in [1.54, 1.807) is 4.90 Å². The molecule has 0 aliphatic heterocycles. The van der Waals surface area contributed by atoms with Crippen LogP contribution in [0.3, 0.4) is 0 Å². The van der Waals surface area contributed by atoms with Gasteiger partial charge in [0.15, 0.2) is 0 Å². The highest BCUT2D eigenvalue weighted by atomic mass is 16.2. The maximum atomic E-state index is 13.3. The Kier molecular flexibility index (Phi) is 6.28. The second-order valence-electron chi connectivity index (χ2n) is 8.15. The molecule has 0 N–H and O–H groups in total. The number of hydrogen-bond donors (Lipinski definition) is 0. The first kappa shape index (κ1) is 20.5. The van der Waals surface area contributed by atoms with E-state index in [0.717, 1.165) is 22.5 Å². The quantitative estimate of drug-likeness (QED) is 0.594. The van der Waals surface area contributed by atoms with Gasteiger partial charge >= 0.3 is 0 Å². The van der Waals surface area contributed by atoms with E-state index < -0.39 is 0 Å². The van der Waals surface area contributed by atoms with Gasteiger partial charge in [-0.2, -0.15) is 0 Å². The SMILES string of the molecule is C=C(C(C)C)N(C(=O)c1ccccc1C)c1ccc(C#CC(C)(C)C)cc1. The lowest BCUT2D eigenvalue weighted by atomic mass is 9.97. The van der Waals surface area contributed by atoms with Gasteiger partial charge in [0.2, 0.25) is 0 Å². The molecule has 0 aliphatic carbocycles. The monoisotopic (exact) mass is 359 g/mol. The normalized spacial score (nSPS) is 10.9. The molecule has 0 saturated carbocycles. The fraction of sp³-hybridized carbons (Fsp3) is 0.320. The molecule has 2 nitrogen and oxygen atoms in total. The number of amides is 1. The third-order valence-electron chi connectivity index (χ3n) is 4.24. The minimum absolute atomic E-state index is 0.0442. The lowest BCUT2D eigenvalue weighted by Gasteiger charge is -2.28.